The van der Waals surface area contributed by atoms with Gasteiger partial charge in [0.05, 0.1) is 0 Å². The maximum Gasteiger partial charge on any atom is -0.000260 e. The van der Waals surface area contributed by atoms with Crippen LogP contribution in [0.5, 0.6) is 0 Å². The van der Waals surface area contributed by atoms with Crippen LogP contribution in [0.15, 0.2) is 12.2 Å². The molecule has 0 aromatic heterocycles. The molecule has 0 aromatic carbocycles. The second kappa shape index (κ2) is 4.55. The van der Waals surface area contributed by atoms with Gasteiger partial charge in [-0.1, -0.05) is 26.0 Å². The number of hydrogen-bond acceptors (Lipinski definition) is 1. The second-order valence-corrected chi connectivity index (χ2v) is 3.33. The normalized spacial score (nSPS) is 22.0. The van der Waals surface area contributed by atoms with E-state index in [0.717, 1.165) is 11.8 Å². The summed E-state index contributed by atoms with van der Waals surface area (Å²) in [7, 11) is 0. The average molecular weight is 153 g/mol. The Hall–Kier alpha value is -0.300. The van der Waals surface area contributed by atoms with E-state index in [1.165, 1.54) is 25.9 Å². The fourth-order valence-electron chi connectivity index (χ4n) is 1.55. The Morgan fingerprint density at radius 2 is 2.18 bits per heavy atom. The van der Waals surface area contributed by atoms with Crippen LogP contribution in [0.3, 0.4) is 0 Å². The highest BCUT2D eigenvalue weighted by molar-refractivity contribution is 4.94. The van der Waals surface area contributed by atoms with E-state index in [4.69, 9.17) is 0 Å². The van der Waals surface area contributed by atoms with E-state index in [9.17, 15) is 0 Å². The van der Waals surface area contributed by atoms with Gasteiger partial charge in [-0.2, -0.15) is 0 Å². The lowest BCUT2D eigenvalue weighted by Gasteiger charge is -2.32. The number of allylic oxidation sites excluding steroid dienone is 2. The molecule has 1 atom stereocenters. The quantitative estimate of drug-likeness (QED) is 0.610. The summed E-state index contributed by atoms with van der Waals surface area (Å²) in [6.07, 6.45) is 7.16. The van der Waals surface area contributed by atoms with E-state index < -0.39 is 0 Å². The van der Waals surface area contributed by atoms with Crippen LogP contribution in [0.4, 0.5) is 0 Å². The second-order valence-electron chi connectivity index (χ2n) is 3.33. The highest BCUT2D eigenvalue weighted by Crippen LogP contribution is 2.20. The summed E-state index contributed by atoms with van der Waals surface area (Å²) < 4.78 is 0. The first-order chi connectivity index (χ1) is 5.38. The SMILES string of the molecule is CC/C=C/C(CC)C1CNC1. The molecule has 0 aliphatic carbocycles. The van der Waals surface area contributed by atoms with Gasteiger partial charge >= 0.3 is 0 Å². The smallest absolute Gasteiger partial charge is 0.000260 e. The molecule has 1 N–H and O–H groups in total. The zero-order valence-corrected chi connectivity index (χ0v) is 7.64. The van der Waals surface area contributed by atoms with Crippen LogP contribution in [-0.4, -0.2) is 13.1 Å². The molecule has 1 heteroatoms. The Bertz CT molecular complexity index is 125. The van der Waals surface area contributed by atoms with Crippen molar-refractivity contribution in [3.63, 3.8) is 0 Å². The van der Waals surface area contributed by atoms with Crippen molar-refractivity contribution in [2.45, 2.75) is 26.7 Å². The van der Waals surface area contributed by atoms with Crippen molar-refractivity contribution < 1.29 is 0 Å². The molecule has 0 radical (unpaired) electrons. The van der Waals surface area contributed by atoms with Crippen LogP contribution in [0.1, 0.15) is 26.7 Å². The first-order valence-corrected chi connectivity index (χ1v) is 4.75. The summed E-state index contributed by atoms with van der Waals surface area (Å²) in [5.41, 5.74) is 0. The van der Waals surface area contributed by atoms with Crippen LogP contribution in [0.2, 0.25) is 0 Å². The molecule has 0 aromatic rings. The fourth-order valence-corrected chi connectivity index (χ4v) is 1.55. The third-order valence-corrected chi connectivity index (χ3v) is 2.51. The monoisotopic (exact) mass is 153 g/mol. The van der Waals surface area contributed by atoms with E-state index >= 15 is 0 Å². The van der Waals surface area contributed by atoms with Crippen molar-refractivity contribution in [1.82, 2.24) is 5.32 Å². The molecule has 0 amide bonds. The van der Waals surface area contributed by atoms with Crippen molar-refractivity contribution in [3.05, 3.63) is 12.2 Å². The zero-order chi connectivity index (χ0) is 8.10. The molecule has 11 heavy (non-hydrogen) atoms. The van der Waals surface area contributed by atoms with Crippen LogP contribution in [-0.2, 0) is 0 Å². The van der Waals surface area contributed by atoms with Gasteiger partial charge in [0.1, 0.15) is 0 Å². The maximum absolute atomic E-state index is 3.32. The third kappa shape index (κ3) is 2.33. The molecule has 1 heterocycles. The number of hydrogen-bond donors (Lipinski definition) is 1. The molecular formula is C10H19N. The molecule has 1 unspecified atom stereocenters. The molecule has 0 saturated carbocycles. The van der Waals surface area contributed by atoms with Gasteiger partial charge in [0.25, 0.3) is 0 Å². The van der Waals surface area contributed by atoms with Crippen molar-refractivity contribution in [2.75, 3.05) is 13.1 Å². The Kier molecular flexibility index (Phi) is 3.64. The lowest BCUT2D eigenvalue weighted by atomic mass is 9.85. The minimum atomic E-state index is 0.830. The molecule has 1 saturated heterocycles. The standard InChI is InChI=1S/C10H19N/c1-3-5-6-9(4-2)10-7-11-8-10/h5-6,9-11H,3-4,7-8H2,1-2H3/b6-5+. The van der Waals surface area contributed by atoms with Gasteiger partial charge in [-0.25, -0.2) is 0 Å². The summed E-state index contributed by atoms with van der Waals surface area (Å²) >= 11 is 0. The molecule has 0 spiro atoms. The number of rotatable bonds is 4. The third-order valence-electron chi connectivity index (χ3n) is 2.51. The largest absolute Gasteiger partial charge is 0.316 e. The summed E-state index contributed by atoms with van der Waals surface area (Å²) in [4.78, 5) is 0. The lowest BCUT2D eigenvalue weighted by molar-refractivity contribution is 0.266. The van der Waals surface area contributed by atoms with E-state index in [-0.39, 0.29) is 0 Å². The Labute approximate surface area is 69.9 Å². The molecule has 1 fully saturated rings. The minimum Gasteiger partial charge on any atom is -0.316 e. The molecule has 1 rings (SSSR count). The van der Waals surface area contributed by atoms with Crippen molar-refractivity contribution in [1.29, 1.82) is 0 Å². The van der Waals surface area contributed by atoms with Gasteiger partial charge in [-0.15, -0.1) is 0 Å². The van der Waals surface area contributed by atoms with E-state index in [1.54, 1.807) is 0 Å². The van der Waals surface area contributed by atoms with E-state index in [0.29, 0.717) is 0 Å². The topological polar surface area (TPSA) is 12.0 Å². The zero-order valence-electron chi connectivity index (χ0n) is 7.64. The first-order valence-electron chi connectivity index (χ1n) is 4.75. The molecular weight excluding hydrogens is 134 g/mol. The van der Waals surface area contributed by atoms with E-state index in [2.05, 4.69) is 31.3 Å². The molecule has 0 bridgehead atoms. The predicted octanol–water partition coefficient (Wildman–Crippen LogP) is 2.20. The minimum absolute atomic E-state index is 0.830. The molecule has 64 valence electrons. The van der Waals surface area contributed by atoms with Crippen molar-refractivity contribution in [3.8, 4) is 0 Å². The van der Waals surface area contributed by atoms with Gasteiger partial charge in [-0.3, -0.25) is 0 Å². The fraction of sp³-hybridized carbons (Fsp3) is 0.800. The Morgan fingerprint density at radius 3 is 2.55 bits per heavy atom. The van der Waals surface area contributed by atoms with Gasteiger partial charge in [0, 0.05) is 0 Å². The summed E-state index contributed by atoms with van der Waals surface area (Å²) in [6, 6.07) is 0. The predicted molar refractivity (Wildman–Crippen MR) is 49.6 cm³/mol. The maximum atomic E-state index is 3.32. The lowest BCUT2D eigenvalue weighted by Crippen LogP contribution is -2.45. The summed E-state index contributed by atoms with van der Waals surface area (Å²) in [6.45, 7) is 6.93. The summed E-state index contributed by atoms with van der Waals surface area (Å²) in [5.74, 6) is 1.75. The van der Waals surface area contributed by atoms with Gasteiger partial charge in [-0.05, 0) is 37.8 Å². The van der Waals surface area contributed by atoms with Crippen LogP contribution < -0.4 is 5.32 Å². The highest BCUT2D eigenvalue weighted by atomic mass is 14.9. The van der Waals surface area contributed by atoms with E-state index in [1.807, 2.05) is 0 Å². The van der Waals surface area contributed by atoms with Crippen LogP contribution in [0.25, 0.3) is 0 Å². The van der Waals surface area contributed by atoms with Crippen LogP contribution in [0, 0.1) is 11.8 Å². The summed E-state index contributed by atoms with van der Waals surface area (Å²) in [5, 5.41) is 3.32. The van der Waals surface area contributed by atoms with Gasteiger partial charge < -0.3 is 5.32 Å². The van der Waals surface area contributed by atoms with Crippen LogP contribution >= 0.6 is 0 Å². The van der Waals surface area contributed by atoms with Gasteiger partial charge in [0.2, 0.25) is 0 Å². The van der Waals surface area contributed by atoms with Crippen molar-refractivity contribution in [2.24, 2.45) is 11.8 Å². The van der Waals surface area contributed by atoms with Crippen molar-refractivity contribution >= 4 is 0 Å². The highest BCUT2D eigenvalue weighted by Gasteiger charge is 2.23. The number of nitrogens with one attached hydrogen (secondary N) is 1. The Morgan fingerprint density at radius 1 is 1.45 bits per heavy atom. The molecule has 1 nitrogen and oxygen atoms in total. The van der Waals surface area contributed by atoms with Gasteiger partial charge in [0.15, 0.2) is 0 Å². The molecule has 1 aliphatic rings. The average Bonchev–Trinajstić information content (AvgIpc) is 1.93. The first kappa shape index (κ1) is 8.79. The molecule has 1 aliphatic heterocycles. The Balaban J connectivity index is 2.29.